The molecule has 1 aromatic carbocycles. The van der Waals surface area contributed by atoms with Crippen LogP contribution >= 0.6 is 0 Å². The van der Waals surface area contributed by atoms with Gasteiger partial charge in [0.05, 0.1) is 0 Å². The molecule has 0 spiro atoms. The lowest BCUT2D eigenvalue weighted by Crippen LogP contribution is -2.51. The Bertz CT molecular complexity index is 812. The molecule has 0 saturated heterocycles. The maximum Gasteiger partial charge on any atom is 0.422 e. The molecule has 2 N–H and O–H groups in total. The number of carboxylic acids is 1. The van der Waals surface area contributed by atoms with Crippen LogP contribution in [0.1, 0.15) is 29.4 Å². The molecule has 0 fully saturated rings. The Morgan fingerprint density at radius 1 is 1.11 bits per heavy atom. The van der Waals surface area contributed by atoms with E-state index in [0.29, 0.717) is 5.56 Å². The average molecular weight is 382 g/mol. The quantitative estimate of drug-likeness (QED) is 0.768. The Balaban J connectivity index is 2.27. The minimum Gasteiger partial charge on any atom is -0.479 e. The largest absolute Gasteiger partial charge is 0.479 e. The van der Waals surface area contributed by atoms with E-state index in [0.717, 1.165) is 0 Å². The Kier molecular flexibility index (Phi) is 6.04. The van der Waals surface area contributed by atoms with Crippen LogP contribution in [0, 0.1) is 0 Å². The molecule has 1 atom stereocenters. The van der Waals surface area contributed by atoms with Crippen LogP contribution in [-0.4, -0.2) is 34.8 Å². The summed E-state index contributed by atoms with van der Waals surface area (Å²) < 4.78 is 41.3. The molecule has 0 aliphatic carbocycles. The van der Waals surface area contributed by atoms with Gasteiger partial charge in [-0.05, 0) is 18.1 Å². The van der Waals surface area contributed by atoms with Crippen LogP contribution in [-0.2, 0) is 10.3 Å². The molecule has 0 aliphatic rings. The van der Waals surface area contributed by atoms with Crippen LogP contribution in [0.25, 0.3) is 0 Å². The third-order valence-electron chi connectivity index (χ3n) is 3.83. The van der Waals surface area contributed by atoms with E-state index in [2.05, 4.69) is 15.0 Å². The summed E-state index contributed by atoms with van der Waals surface area (Å²) in [4.78, 5) is 28.2. The molecule has 9 heteroatoms. The maximum absolute atomic E-state index is 12.5. The number of benzene rings is 1. The Morgan fingerprint density at radius 3 is 2.33 bits per heavy atom. The predicted octanol–water partition coefficient (Wildman–Crippen LogP) is 3.14. The minimum absolute atomic E-state index is 0.0440. The fraction of sp³-hybridized carbons (Fsp3) is 0.278. The molecule has 1 unspecified atom stereocenters. The van der Waals surface area contributed by atoms with Gasteiger partial charge in [-0.15, -0.1) is 0 Å². The van der Waals surface area contributed by atoms with Gasteiger partial charge in [-0.1, -0.05) is 43.3 Å². The number of pyridine rings is 1. The number of aliphatic carboxylic acids is 1. The molecule has 1 aromatic heterocycles. The van der Waals surface area contributed by atoms with Gasteiger partial charge in [-0.25, -0.2) is 9.78 Å². The lowest BCUT2D eigenvalue weighted by Gasteiger charge is -2.29. The van der Waals surface area contributed by atoms with Gasteiger partial charge in [-0.3, -0.25) is 4.79 Å². The number of halogens is 3. The number of alkyl halides is 3. The van der Waals surface area contributed by atoms with Gasteiger partial charge in [-0.2, -0.15) is 13.2 Å². The van der Waals surface area contributed by atoms with E-state index < -0.39 is 36.1 Å². The van der Waals surface area contributed by atoms with Gasteiger partial charge >= 0.3 is 12.1 Å². The SMILES string of the molecule is CCC(NC(=O)c1cccc(OCC(F)(F)F)n1)(C(=O)O)c1ccccc1. The third kappa shape index (κ3) is 4.96. The molecule has 0 aliphatic heterocycles. The van der Waals surface area contributed by atoms with Gasteiger partial charge in [0.15, 0.2) is 12.1 Å². The van der Waals surface area contributed by atoms with E-state index in [1.807, 2.05) is 0 Å². The van der Waals surface area contributed by atoms with Crippen molar-refractivity contribution < 1.29 is 32.6 Å². The number of nitrogens with one attached hydrogen (secondary N) is 1. The van der Waals surface area contributed by atoms with Gasteiger partial charge in [0, 0.05) is 6.07 Å². The molecule has 144 valence electrons. The van der Waals surface area contributed by atoms with Gasteiger partial charge in [0.1, 0.15) is 5.69 Å². The minimum atomic E-state index is -4.55. The predicted molar refractivity (Wildman–Crippen MR) is 89.3 cm³/mol. The van der Waals surface area contributed by atoms with Gasteiger partial charge in [0.25, 0.3) is 5.91 Å². The number of ether oxygens (including phenoxy) is 1. The Hall–Kier alpha value is -3.10. The summed E-state index contributed by atoms with van der Waals surface area (Å²) in [5, 5.41) is 12.1. The monoisotopic (exact) mass is 382 g/mol. The van der Waals surface area contributed by atoms with Crippen molar-refractivity contribution in [2.75, 3.05) is 6.61 Å². The van der Waals surface area contributed by atoms with Crippen LogP contribution in [0.2, 0.25) is 0 Å². The van der Waals surface area contributed by atoms with Crippen molar-refractivity contribution in [1.82, 2.24) is 10.3 Å². The Labute approximate surface area is 153 Å². The highest BCUT2D eigenvalue weighted by molar-refractivity contribution is 5.96. The van der Waals surface area contributed by atoms with Crippen molar-refractivity contribution in [2.45, 2.75) is 25.1 Å². The van der Waals surface area contributed by atoms with Crippen molar-refractivity contribution in [2.24, 2.45) is 0 Å². The summed E-state index contributed by atoms with van der Waals surface area (Å²) in [5.41, 5.74) is -1.61. The second kappa shape index (κ2) is 8.07. The fourth-order valence-corrected chi connectivity index (χ4v) is 2.45. The zero-order valence-electron chi connectivity index (χ0n) is 14.3. The van der Waals surface area contributed by atoms with Crippen molar-refractivity contribution in [3.63, 3.8) is 0 Å². The van der Waals surface area contributed by atoms with Crippen molar-refractivity contribution in [3.8, 4) is 5.88 Å². The lowest BCUT2D eigenvalue weighted by molar-refractivity contribution is -0.154. The number of carboxylic acid groups (broad SMARTS) is 1. The number of hydrogen-bond donors (Lipinski definition) is 2. The van der Waals surface area contributed by atoms with E-state index in [1.165, 1.54) is 18.2 Å². The van der Waals surface area contributed by atoms with Crippen molar-refractivity contribution in [3.05, 3.63) is 59.8 Å². The highest BCUT2D eigenvalue weighted by Crippen LogP contribution is 2.26. The normalized spacial score (nSPS) is 13.5. The van der Waals surface area contributed by atoms with Crippen LogP contribution in [0.3, 0.4) is 0 Å². The fourth-order valence-electron chi connectivity index (χ4n) is 2.45. The maximum atomic E-state index is 12.5. The van der Waals surface area contributed by atoms with Crippen molar-refractivity contribution in [1.29, 1.82) is 0 Å². The molecule has 2 aromatic rings. The summed E-state index contributed by atoms with van der Waals surface area (Å²) in [6.07, 6.45) is -4.50. The van der Waals surface area contributed by atoms with E-state index in [-0.39, 0.29) is 12.1 Å². The van der Waals surface area contributed by atoms with E-state index in [9.17, 15) is 27.9 Å². The summed E-state index contributed by atoms with van der Waals surface area (Å²) in [5.74, 6) is -2.51. The zero-order valence-corrected chi connectivity index (χ0v) is 14.3. The summed E-state index contributed by atoms with van der Waals surface area (Å²) in [7, 11) is 0. The highest BCUT2D eigenvalue weighted by atomic mass is 19.4. The first-order chi connectivity index (χ1) is 12.7. The number of aromatic nitrogens is 1. The molecule has 0 saturated carbocycles. The van der Waals surface area contributed by atoms with Crippen molar-refractivity contribution >= 4 is 11.9 Å². The van der Waals surface area contributed by atoms with E-state index in [1.54, 1.807) is 37.3 Å². The number of carbonyl (C=O) groups excluding carboxylic acids is 1. The van der Waals surface area contributed by atoms with Crippen LogP contribution in [0.15, 0.2) is 48.5 Å². The number of nitrogens with zero attached hydrogens (tertiary/aromatic N) is 1. The van der Waals surface area contributed by atoms with E-state index in [4.69, 9.17) is 0 Å². The third-order valence-corrected chi connectivity index (χ3v) is 3.83. The molecular weight excluding hydrogens is 365 g/mol. The molecule has 27 heavy (non-hydrogen) atoms. The standard InChI is InChI=1S/C18H17F3N2O4/c1-2-17(16(25)26,12-7-4-3-5-8-12)23-15(24)13-9-6-10-14(22-13)27-11-18(19,20)21/h3-10H,2,11H2,1H3,(H,23,24)(H,25,26). The second-order valence-electron chi connectivity index (χ2n) is 5.65. The smallest absolute Gasteiger partial charge is 0.422 e. The van der Waals surface area contributed by atoms with E-state index >= 15 is 0 Å². The number of amides is 1. The summed E-state index contributed by atoms with van der Waals surface area (Å²) >= 11 is 0. The first-order valence-electron chi connectivity index (χ1n) is 7.96. The van der Waals surface area contributed by atoms with Gasteiger partial charge in [0.2, 0.25) is 5.88 Å². The molecule has 6 nitrogen and oxygen atoms in total. The van der Waals surface area contributed by atoms with Crippen LogP contribution in [0.4, 0.5) is 13.2 Å². The lowest BCUT2D eigenvalue weighted by atomic mass is 9.87. The van der Waals surface area contributed by atoms with Crippen LogP contribution in [0.5, 0.6) is 5.88 Å². The van der Waals surface area contributed by atoms with Gasteiger partial charge < -0.3 is 15.2 Å². The number of rotatable bonds is 7. The summed E-state index contributed by atoms with van der Waals surface area (Å²) in [6.45, 7) is 0.0425. The number of carbonyl (C=O) groups is 2. The highest BCUT2D eigenvalue weighted by Gasteiger charge is 2.40. The molecule has 0 radical (unpaired) electrons. The average Bonchev–Trinajstić information content (AvgIpc) is 2.64. The summed E-state index contributed by atoms with van der Waals surface area (Å²) in [6, 6.07) is 11.8. The number of hydrogen-bond acceptors (Lipinski definition) is 4. The second-order valence-corrected chi connectivity index (χ2v) is 5.65. The first kappa shape index (κ1) is 20.2. The van der Waals surface area contributed by atoms with Crippen LogP contribution < -0.4 is 10.1 Å². The molecule has 2 rings (SSSR count). The first-order valence-corrected chi connectivity index (χ1v) is 7.96. The molecular formula is C18H17F3N2O4. The topological polar surface area (TPSA) is 88.5 Å². The molecule has 1 amide bonds. The molecule has 0 bridgehead atoms. The Morgan fingerprint density at radius 2 is 1.78 bits per heavy atom. The molecule has 1 heterocycles. The zero-order chi connectivity index (χ0) is 20.1.